The maximum atomic E-state index is 13.1. The summed E-state index contributed by atoms with van der Waals surface area (Å²) in [5.41, 5.74) is 8.64. The van der Waals surface area contributed by atoms with E-state index in [1.165, 1.54) is 0 Å². The predicted molar refractivity (Wildman–Crippen MR) is 98.6 cm³/mol. The Morgan fingerprint density at radius 2 is 1.83 bits per heavy atom. The van der Waals surface area contributed by atoms with Crippen molar-refractivity contribution >= 4 is 17.3 Å². The Bertz CT molecular complexity index is 716. The lowest BCUT2D eigenvalue weighted by molar-refractivity contribution is 0.0777. The molecule has 126 valence electrons. The van der Waals surface area contributed by atoms with Crippen molar-refractivity contribution < 1.29 is 4.79 Å². The van der Waals surface area contributed by atoms with Crippen LogP contribution in [-0.2, 0) is 0 Å². The molecular formula is C20H25N3O. The van der Waals surface area contributed by atoms with E-state index >= 15 is 0 Å². The minimum absolute atomic E-state index is 0.0376. The fourth-order valence-electron chi connectivity index (χ4n) is 3.27. The highest BCUT2D eigenvalue weighted by Crippen LogP contribution is 2.32. The fraction of sp³-hybridized carbons (Fsp3) is 0.350. The molecule has 2 N–H and O–H groups in total. The van der Waals surface area contributed by atoms with Crippen LogP contribution in [0.25, 0.3) is 0 Å². The molecule has 2 aromatic rings. The van der Waals surface area contributed by atoms with Crippen molar-refractivity contribution in [3.8, 4) is 0 Å². The van der Waals surface area contributed by atoms with Crippen LogP contribution >= 0.6 is 0 Å². The summed E-state index contributed by atoms with van der Waals surface area (Å²) in [5.74, 6) is 0.0885. The van der Waals surface area contributed by atoms with Gasteiger partial charge in [0.05, 0.1) is 11.3 Å². The van der Waals surface area contributed by atoms with E-state index in [0.29, 0.717) is 6.54 Å². The summed E-state index contributed by atoms with van der Waals surface area (Å²) in [6.07, 6.45) is 0.964. The van der Waals surface area contributed by atoms with Crippen molar-refractivity contribution in [2.45, 2.75) is 13.3 Å². The molecule has 1 heterocycles. The second-order valence-electron chi connectivity index (χ2n) is 6.90. The first kappa shape index (κ1) is 16.5. The topological polar surface area (TPSA) is 49.6 Å². The van der Waals surface area contributed by atoms with Crippen LogP contribution in [-0.4, -0.2) is 37.5 Å². The van der Waals surface area contributed by atoms with Crippen molar-refractivity contribution in [3.63, 3.8) is 0 Å². The van der Waals surface area contributed by atoms with Crippen LogP contribution in [0.3, 0.4) is 0 Å². The van der Waals surface area contributed by atoms with Crippen LogP contribution in [0.1, 0.15) is 23.7 Å². The van der Waals surface area contributed by atoms with Gasteiger partial charge in [0.15, 0.2) is 0 Å². The number of hydrogen-bond donors (Lipinski definition) is 1. The Balaban J connectivity index is 1.88. The number of nitrogens with zero attached hydrogens (tertiary/aromatic N) is 2. The third kappa shape index (κ3) is 3.15. The van der Waals surface area contributed by atoms with Crippen LogP contribution in [0.4, 0.5) is 11.4 Å². The number of amides is 1. The molecule has 4 nitrogen and oxygen atoms in total. The van der Waals surface area contributed by atoms with Gasteiger partial charge in [-0.25, -0.2) is 0 Å². The lowest BCUT2D eigenvalue weighted by Crippen LogP contribution is -2.35. The number of carbonyl (C=O) groups excluding carboxylic acids is 1. The predicted octanol–water partition coefficient (Wildman–Crippen LogP) is 3.27. The number of benzene rings is 2. The largest absolute Gasteiger partial charge is 0.344 e. The molecule has 1 aliphatic rings. The Morgan fingerprint density at radius 1 is 1.17 bits per heavy atom. The number of anilines is 2. The molecule has 24 heavy (non-hydrogen) atoms. The number of rotatable bonds is 4. The van der Waals surface area contributed by atoms with Crippen LogP contribution in [0.15, 0.2) is 54.6 Å². The third-order valence-corrected chi connectivity index (χ3v) is 4.98. The van der Waals surface area contributed by atoms with Crippen LogP contribution in [0.5, 0.6) is 0 Å². The van der Waals surface area contributed by atoms with E-state index in [-0.39, 0.29) is 11.3 Å². The number of carbonyl (C=O) groups is 1. The Kier molecular flexibility index (Phi) is 4.58. The van der Waals surface area contributed by atoms with Crippen molar-refractivity contribution in [1.29, 1.82) is 0 Å². The van der Waals surface area contributed by atoms with Gasteiger partial charge in [-0.1, -0.05) is 37.3 Å². The van der Waals surface area contributed by atoms with Crippen molar-refractivity contribution in [2.24, 2.45) is 11.1 Å². The SMILES string of the molecule is CN(c1ccccc1)c1ccccc1C(=O)N1CCC(C)(CN)C1. The van der Waals surface area contributed by atoms with E-state index in [9.17, 15) is 4.79 Å². The highest BCUT2D eigenvalue weighted by molar-refractivity contribution is 6.00. The smallest absolute Gasteiger partial charge is 0.255 e. The van der Waals surface area contributed by atoms with Gasteiger partial charge in [-0.15, -0.1) is 0 Å². The van der Waals surface area contributed by atoms with E-state index in [0.717, 1.165) is 36.4 Å². The molecule has 1 aliphatic heterocycles. The van der Waals surface area contributed by atoms with Gasteiger partial charge in [-0.2, -0.15) is 0 Å². The molecule has 0 bridgehead atoms. The van der Waals surface area contributed by atoms with E-state index in [1.807, 2.05) is 66.5 Å². The quantitative estimate of drug-likeness (QED) is 0.939. The highest BCUT2D eigenvalue weighted by atomic mass is 16.2. The van der Waals surface area contributed by atoms with Gasteiger partial charge in [0.25, 0.3) is 5.91 Å². The summed E-state index contributed by atoms with van der Waals surface area (Å²) in [5, 5.41) is 0. The average molecular weight is 323 g/mol. The van der Waals surface area contributed by atoms with Gasteiger partial charge in [-0.05, 0) is 42.6 Å². The molecule has 1 amide bonds. The Morgan fingerprint density at radius 3 is 2.50 bits per heavy atom. The minimum Gasteiger partial charge on any atom is -0.344 e. The van der Waals surface area contributed by atoms with Crippen LogP contribution in [0, 0.1) is 5.41 Å². The zero-order chi connectivity index (χ0) is 17.2. The van der Waals surface area contributed by atoms with Crippen molar-refractivity contribution in [2.75, 3.05) is 31.6 Å². The highest BCUT2D eigenvalue weighted by Gasteiger charge is 2.35. The standard InChI is InChI=1S/C20H25N3O/c1-20(14-21)12-13-23(15-20)19(24)17-10-6-7-11-18(17)22(2)16-8-4-3-5-9-16/h3-11H,12-15,21H2,1-2H3. The number of likely N-dealkylation sites (tertiary alicyclic amines) is 1. The zero-order valence-corrected chi connectivity index (χ0v) is 14.4. The lowest BCUT2D eigenvalue weighted by Gasteiger charge is -2.26. The molecule has 2 aromatic carbocycles. The van der Waals surface area contributed by atoms with Crippen molar-refractivity contribution in [3.05, 3.63) is 60.2 Å². The average Bonchev–Trinajstić information content (AvgIpc) is 3.04. The number of para-hydroxylation sites is 2. The van der Waals surface area contributed by atoms with E-state index in [2.05, 4.69) is 11.8 Å². The second kappa shape index (κ2) is 6.65. The summed E-state index contributed by atoms with van der Waals surface area (Å²) in [6, 6.07) is 17.9. The maximum Gasteiger partial charge on any atom is 0.255 e. The van der Waals surface area contributed by atoms with Gasteiger partial charge >= 0.3 is 0 Å². The molecule has 1 fully saturated rings. The molecule has 3 rings (SSSR count). The maximum absolute atomic E-state index is 13.1. The first-order valence-corrected chi connectivity index (χ1v) is 8.41. The fourth-order valence-corrected chi connectivity index (χ4v) is 3.27. The van der Waals surface area contributed by atoms with Gasteiger partial charge in [-0.3, -0.25) is 4.79 Å². The summed E-state index contributed by atoms with van der Waals surface area (Å²) >= 11 is 0. The Labute approximate surface area is 143 Å². The minimum atomic E-state index is 0.0376. The first-order valence-electron chi connectivity index (χ1n) is 8.41. The zero-order valence-electron chi connectivity index (χ0n) is 14.4. The van der Waals surface area contributed by atoms with Gasteiger partial charge in [0.1, 0.15) is 0 Å². The number of nitrogens with two attached hydrogens (primary N) is 1. The van der Waals surface area contributed by atoms with E-state index < -0.39 is 0 Å². The molecule has 0 aromatic heterocycles. The van der Waals surface area contributed by atoms with Gasteiger partial charge in [0.2, 0.25) is 0 Å². The monoisotopic (exact) mass is 323 g/mol. The van der Waals surface area contributed by atoms with E-state index in [1.54, 1.807) is 0 Å². The molecular weight excluding hydrogens is 298 g/mol. The molecule has 1 saturated heterocycles. The third-order valence-electron chi connectivity index (χ3n) is 4.98. The summed E-state index contributed by atoms with van der Waals surface area (Å²) in [4.78, 5) is 17.1. The molecule has 0 spiro atoms. The van der Waals surface area contributed by atoms with Gasteiger partial charge in [0, 0.05) is 25.8 Å². The van der Waals surface area contributed by atoms with Crippen molar-refractivity contribution in [1.82, 2.24) is 4.90 Å². The first-order chi connectivity index (χ1) is 11.5. The van der Waals surface area contributed by atoms with E-state index in [4.69, 9.17) is 5.73 Å². The van der Waals surface area contributed by atoms with Crippen LogP contribution < -0.4 is 10.6 Å². The molecule has 0 saturated carbocycles. The van der Waals surface area contributed by atoms with Crippen LogP contribution in [0.2, 0.25) is 0 Å². The molecule has 1 atom stereocenters. The van der Waals surface area contributed by atoms with Gasteiger partial charge < -0.3 is 15.5 Å². The second-order valence-corrected chi connectivity index (χ2v) is 6.90. The molecule has 0 aliphatic carbocycles. The Hall–Kier alpha value is -2.33. The number of hydrogen-bond acceptors (Lipinski definition) is 3. The molecule has 1 unspecified atom stereocenters. The molecule has 0 radical (unpaired) electrons. The lowest BCUT2D eigenvalue weighted by atomic mass is 9.90. The normalized spacial score (nSPS) is 20.2. The summed E-state index contributed by atoms with van der Waals surface area (Å²) in [7, 11) is 2.00. The summed E-state index contributed by atoms with van der Waals surface area (Å²) in [6.45, 7) is 4.27. The molecule has 4 heteroatoms. The summed E-state index contributed by atoms with van der Waals surface area (Å²) < 4.78 is 0.